The van der Waals surface area contributed by atoms with Gasteiger partial charge >= 0.3 is 16.2 Å². The van der Waals surface area contributed by atoms with Crippen LogP contribution in [-0.2, 0) is 40.6 Å². The summed E-state index contributed by atoms with van der Waals surface area (Å²) in [6.45, 7) is 0.713. The van der Waals surface area contributed by atoms with Gasteiger partial charge in [-0.05, 0) is 73.6 Å². The van der Waals surface area contributed by atoms with Gasteiger partial charge in [0, 0.05) is 18.9 Å². The summed E-state index contributed by atoms with van der Waals surface area (Å²) >= 11 is 0. The molecule has 2 aliphatic carbocycles. The van der Waals surface area contributed by atoms with Gasteiger partial charge in [-0.25, -0.2) is 9.10 Å². The monoisotopic (exact) mass is 461 g/mol. The van der Waals surface area contributed by atoms with Crippen LogP contribution in [0.15, 0.2) is 23.0 Å². The standard InChI is InChI=1S/C21H25N4O6S/c26-21(23-20-18-5-1-3-14(18)11-15-4-2-6-19(15)20)25(27)32(28,29)24(17-12-22-31-13-17)16-7-9-30-10-8-16/h11-13,16H,1-10H2,(H,23,26)/q-1. The van der Waals surface area contributed by atoms with Crippen LogP contribution < -0.4 is 9.62 Å². The fraction of sp³-hybridized carbons (Fsp3) is 0.524. The Bertz CT molecular complexity index is 1080. The zero-order valence-corrected chi connectivity index (χ0v) is 18.4. The summed E-state index contributed by atoms with van der Waals surface area (Å²) in [5.41, 5.74) is 5.11. The number of fused-ring (bicyclic) bond motifs is 2. The van der Waals surface area contributed by atoms with Crippen LogP contribution in [0.4, 0.5) is 16.2 Å². The van der Waals surface area contributed by atoms with Gasteiger partial charge in [-0.1, -0.05) is 11.2 Å². The minimum absolute atomic E-state index is 0.104. The Labute approximate surface area is 186 Å². The number of anilines is 2. The smallest absolute Gasteiger partial charge is 0.326 e. The number of hydrogen-bond acceptors (Lipinski definition) is 7. The van der Waals surface area contributed by atoms with Gasteiger partial charge in [-0.15, -0.1) is 0 Å². The summed E-state index contributed by atoms with van der Waals surface area (Å²) < 4.78 is 37.2. The number of nitrogens with one attached hydrogen (secondary N) is 1. The zero-order chi connectivity index (χ0) is 22.3. The van der Waals surface area contributed by atoms with E-state index in [9.17, 15) is 18.4 Å². The molecule has 2 heterocycles. The summed E-state index contributed by atoms with van der Waals surface area (Å²) in [5, 5.41) is 19.2. The molecule has 0 radical (unpaired) electrons. The number of aryl methyl sites for hydroxylation is 2. The number of ether oxygens (including phenoxy) is 1. The summed E-state index contributed by atoms with van der Waals surface area (Å²) in [6.07, 6.45) is 8.56. The fourth-order valence-electron chi connectivity index (χ4n) is 5.06. The second kappa shape index (κ2) is 8.38. The van der Waals surface area contributed by atoms with E-state index in [2.05, 4.69) is 16.5 Å². The predicted molar refractivity (Wildman–Crippen MR) is 116 cm³/mol. The number of amides is 2. The number of urea groups is 1. The summed E-state index contributed by atoms with van der Waals surface area (Å²) in [7, 11) is -4.73. The van der Waals surface area contributed by atoms with Crippen molar-refractivity contribution in [3.63, 3.8) is 0 Å². The lowest BCUT2D eigenvalue weighted by Crippen LogP contribution is -2.51. The molecular weight excluding hydrogens is 436 g/mol. The molecule has 0 unspecified atom stereocenters. The first kappa shape index (κ1) is 21.2. The Morgan fingerprint density at radius 2 is 1.75 bits per heavy atom. The minimum atomic E-state index is -4.73. The van der Waals surface area contributed by atoms with Gasteiger partial charge in [0.05, 0.1) is 12.2 Å². The molecule has 0 spiro atoms. The molecule has 32 heavy (non-hydrogen) atoms. The van der Waals surface area contributed by atoms with Crippen LogP contribution in [0.3, 0.4) is 0 Å². The number of carbonyl (C=O) groups excluding carboxylic acids is 1. The molecule has 1 aliphatic heterocycles. The van der Waals surface area contributed by atoms with E-state index in [-0.39, 0.29) is 5.69 Å². The second-order valence-corrected chi connectivity index (χ2v) is 10.0. The Kier molecular flexibility index (Phi) is 5.56. The molecule has 3 aliphatic rings. The lowest BCUT2D eigenvalue weighted by molar-refractivity contribution is 0.0874. The van der Waals surface area contributed by atoms with Crippen LogP contribution in [0, 0.1) is 5.21 Å². The summed E-state index contributed by atoms with van der Waals surface area (Å²) in [4.78, 5) is 12.9. The van der Waals surface area contributed by atoms with Gasteiger partial charge in [0.2, 0.25) is 0 Å². The van der Waals surface area contributed by atoms with Crippen molar-refractivity contribution >= 4 is 27.6 Å². The van der Waals surface area contributed by atoms with Crippen molar-refractivity contribution in [3.8, 4) is 0 Å². The number of carbonyl (C=O) groups is 1. The topological polar surface area (TPSA) is 128 Å². The lowest BCUT2D eigenvalue weighted by Gasteiger charge is -2.39. The van der Waals surface area contributed by atoms with Crippen molar-refractivity contribution in [2.45, 2.75) is 57.4 Å². The van der Waals surface area contributed by atoms with Crippen LogP contribution >= 0.6 is 0 Å². The molecule has 0 saturated carbocycles. The van der Waals surface area contributed by atoms with Gasteiger partial charge in [0.15, 0.2) is 0 Å². The number of benzene rings is 1. The molecule has 0 atom stereocenters. The average Bonchev–Trinajstić information content (AvgIpc) is 3.55. The molecule has 1 saturated heterocycles. The summed E-state index contributed by atoms with van der Waals surface area (Å²) in [5.74, 6) is 0. The maximum atomic E-state index is 13.3. The quantitative estimate of drug-likeness (QED) is 0.678. The predicted octanol–water partition coefficient (Wildman–Crippen LogP) is 2.91. The zero-order valence-electron chi connectivity index (χ0n) is 17.6. The number of hydrogen-bond donors (Lipinski definition) is 1. The molecule has 1 fully saturated rings. The highest BCUT2D eigenvalue weighted by atomic mass is 32.2. The molecule has 11 heteroatoms. The summed E-state index contributed by atoms with van der Waals surface area (Å²) in [6, 6.07) is 0.445. The first-order valence-corrected chi connectivity index (χ1v) is 12.3. The molecule has 1 aromatic heterocycles. The van der Waals surface area contributed by atoms with Crippen LogP contribution in [0.5, 0.6) is 0 Å². The van der Waals surface area contributed by atoms with E-state index in [1.807, 2.05) is 0 Å². The number of nitrogens with zero attached hydrogens (tertiary/aromatic N) is 3. The van der Waals surface area contributed by atoms with E-state index in [1.165, 1.54) is 17.3 Å². The highest BCUT2D eigenvalue weighted by Gasteiger charge is 2.36. The normalized spacial score (nSPS) is 18.3. The van der Waals surface area contributed by atoms with E-state index in [0.717, 1.165) is 60.2 Å². The van der Waals surface area contributed by atoms with Crippen molar-refractivity contribution in [3.05, 3.63) is 46.0 Å². The van der Waals surface area contributed by atoms with Gasteiger partial charge in [-0.2, -0.15) is 8.42 Å². The Morgan fingerprint density at radius 1 is 1.09 bits per heavy atom. The molecule has 0 bridgehead atoms. The molecule has 2 aromatic rings. The van der Waals surface area contributed by atoms with E-state index >= 15 is 0 Å². The van der Waals surface area contributed by atoms with Crippen molar-refractivity contribution in [1.82, 2.24) is 9.63 Å². The van der Waals surface area contributed by atoms with E-state index in [0.29, 0.717) is 31.7 Å². The van der Waals surface area contributed by atoms with Crippen molar-refractivity contribution < 1.29 is 22.5 Å². The first-order chi connectivity index (χ1) is 15.5. The molecule has 5 rings (SSSR count). The number of hydroxylamine groups is 1. The van der Waals surface area contributed by atoms with Gasteiger partial charge in [0.25, 0.3) is 0 Å². The Hall–Kier alpha value is -2.63. The first-order valence-electron chi connectivity index (χ1n) is 10.9. The van der Waals surface area contributed by atoms with E-state index in [4.69, 9.17) is 9.26 Å². The third-order valence-electron chi connectivity index (χ3n) is 6.53. The maximum absolute atomic E-state index is 13.3. The van der Waals surface area contributed by atoms with E-state index < -0.39 is 26.8 Å². The average molecular weight is 462 g/mol. The molecule has 1 N–H and O–H groups in total. The van der Waals surface area contributed by atoms with Crippen LogP contribution in [0.1, 0.15) is 47.9 Å². The molecule has 172 valence electrons. The number of rotatable bonds is 5. The van der Waals surface area contributed by atoms with Crippen LogP contribution in [-0.4, -0.2) is 43.3 Å². The second-order valence-electron chi connectivity index (χ2n) is 8.42. The number of aromatic nitrogens is 1. The highest BCUT2D eigenvalue weighted by molar-refractivity contribution is 7.91. The largest absolute Gasteiger partial charge is 0.740 e. The van der Waals surface area contributed by atoms with Gasteiger partial charge in [0.1, 0.15) is 12.0 Å². The molecule has 1 aromatic carbocycles. The third-order valence-corrected chi connectivity index (χ3v) is 8.12. The molecule has 2 amide bonds. The molecular formula is C21H25N4O6S-. The van der Waals surface area contributed by atoms with Crippen molar-refractivity contribution in [2.75, 3.05) is 22.8 Å². The van der Waals surface area contributed by atoms with Gasteiger partial charge in [-0.3, -0.25) is 4.47 Å². The highest BCUT2D eigenvalue weighted by Crippen LogP contribution is 2.39. The van der Waals surface area contributed by atoms with Crippen molar-refractivity contribution in [1.29, 1.82) is 0 Å². The maximum Gasteiger partial charge on any atom is 0.326 e. The van der Waals surface area contributed by atoms with Crippen LogP contribution in [0.25, 0.3) is 0 Å². The molecule has 10 nitrogen and oxygen atoms in total. The van der Waals surface area contributed by atoms with E-state index in [1.54, 1.807) is 0 Å². The van der Waals surface area contributed by atoms with Gasteiger partial charge < -0.3 is 19.8 Å². The minimum Gasteiger partial charge on any atom is -0.740 e. The fourth-order valence-corrected chi connectivity index (χ4v) is 6.42. The Morgan fingerprint density at radius 3 is 2.34 bits per heavy atom. The Balaban J connectivity index is 1.44. The lowest BCUT2D eigenvalue weighted by atomic mass is 9.99. The van der Waals surface area contributed by atoms with Crippen molar-refractivity contribution in [2.24, 2.45) is 0 Å². The van der Waals surface area contributed by atoms with Crippen LogP contribution in [0.2, 0.25) is 0 Å². The SMILES string of the molecule is O=C(Nc1c2c(cc3c1CCC3)CCC2)N([O-])S(=O)(=O)N(c1cnoc1)C1CCOCC1. The third kappa shape index (κ3) is 3.63.